The lowest BCUT2D eigenvalue weighted by Gasteiger charge is -2.23. The number of aliphatic imine (C=N–C) groups is 1. The molecule has 2 heterocycles. The topological polar surface area (TPSA) is 96.9 Å². The zero-order valence-electron chi connectivity index (χ0n) is 6.44. The van der Waals surface area contributed by atoms with Crippen molar-refractivity contribution in [2.24, 2.45) is 22.3 Å². The van der Waals surface area contributed by atoms with Gasteiger partial charge in [0, 0.05) is 6.54 Å². The number of hydrazine groups is 1. The maximum atomic E-state index is 5.64. The number of guanidine groups is 1. The highest BCUT2D eigenvalue weighted by Crippen LogP contribution is 2.15. The summed E-state index contributed by atoms with van der Waals surface area (Å²) in [6.45, 7) is 0.626. The molecule has 0 spiro atoms. The standard InChI is InChI=1S/C6H10N6/c7-4-1-2-11-5(8)3-12(9)6(11)10-4/h1,3H,2,7-9H2. The Morgan fingerprint density at radius 2 is 2.17 bits per heavy atom. The summed E-state index contributed by atoms with van der Waals surface area (Å²) in [5, 5.41) is 1.36. The van der Waals surface area contributed by atoms with Crippen LogP contribution in [0, 0.1) is 0 Å². The van der Waals surface area contributed by atoms with Crippen molar-refractivity contribution >= 4 is 5.96 Å². The number of hydrogen-bond donors (Lipinski definition) is 3. The highest BCUT2D eigenvalue weighted by molar-refractivity contribution is 5.86. The number of hydrogen-bond acceptors (Lipinski definition) is 6. The summed E-state index contributed by atoms with van der Waals surface area (Å²) < 4.78 is 0. The van der Waals surface area contributed by atoms with E-state index in [0.29, 0.717) is 24.1 Å². The second-order valence-electron chi connectivity index (χ2n) is 2.61. The fourth-order valence-electron chi connectivity index (χ4n) is 1.18. The lowest BCUT2D eigenvalue weighted by Crippen LogP contribution is -2.41. The van der Waals surface area contributed by atoms with Crippen molar-refractivity contribution in [1.82, 2.24) is 9.91 Å². The van der Waals surface area contributed by atoms with Crippen molar-refractivity contribution in [2.75, 3.05) is 6.54 Å². The zero-order chi connectivity index (χ0) is 8.72. The molecule has 2 aliphatic rings. The maximum Gasteiger partial charge on any atom is 0.228 e. The number of nitrogens with zero attached hydrogens (tertiary/aromatic N) is 3. The Balaban J connectivity index is 2.35. The van der Waals surface area contributed by atoms with E-state index in [0.717, 1.165) is 0 Å². The number of rotatable bonds is 0. The fraction of sp³-hybridized carbons (Fsp3) is 0.167. The van der Waals surface area contributed by atoms with E-state index < -0.39 is 0 Å². The average molecular weight is 166 g/mol. The van der Waals surface area contributed by atoms with Gasteiger partial charge in [0.05, 0.1) is 6.20 Å². The van der Waals surface area contributed by atoms with Crippen LogP contribution in [0.1, 0.15) is 0 Å². The molecule has 12 heavy (non-hydrogen) atoms. The van der Waals surface area contributed by atoms with Gasteiger partial charge < -0.3 is 11.5 Å². The molecular weight excluding hydrogens is 156 g/mol. The van der Waals surface area contributed by atoms with Crippen LogP contribution < -0.4 is 17.3 Å². The molecule has 6 heteroatoms. The predicted molar refractivity (Wildman–Crippen MR) is 44.7 cm³/mol. The Morgan fingerprint density at radius 3 is 2.92 bits per heavy atom. The molecule has 0 atom stereocenters. The molecule has 0 aromatic carbocycles. The van der Waals surface area contributed by atoms with Gasteiger partial charge in [0.1, 0.15) is 11.6 Å². The van der Waals surface area contributed by atoms with Crippen LogP contribution in [0.15, 0.2) is 28.9 Å². The van der Waals surface area contributed by atoms with E-state index >= 15 is 0 Å². The summed E-state index contributed by atoms with van der Waals surface area (Å²) in [4.78, 5) is 5.80. The third-order valence-electron chi connectivity index (χ3n) is 1.77. The van der Waals surface area contributed by atoms with E-state index in [2.05, 4.69) is 4.99 Å². The summed E-state index contributed by atoms with van der Waals surface area (Å²) in [5.74, 6) is 7.20. The first-order chi connectivity index (χ1) is 5.68. The Hall–Kier alpha value is -1.69. The van der Waals surface area contributed by atoms with Crippen LogP contribution in [0.3, 0.4) is 0 Å². The molecule has 0 fully saturated rings. The second-order valence-corrected chi connectivity index (χ2v) is 2.61. The normalized spacial score (nSPS) is 21.6. The second kappa shape index (κ2) is 2.15. The molecular formula is C6H10N6. The maximum absolute atomic E-state index is 5.64. The van der Waals surface area contributed by atoms with Crippen LogP contribution in [-0.2, 0) is 0 Å². The van der Waals surface area contributed by atoms with Crippen LogP contribution in [0.2, 0.25) is 0 Å². The average Bonchev–Trinajstić information content (AvgIpc) is 2.28. The third-order valence-corrected chi connectivity index (χ3v) is 1.77. The van der Waals surface area contributed by atoms with Crippen LogP contribution in [0.5, 0.6) is 0 Å². The summed E-state index contributed by atoms with van der Waals surface area (Å²) in [6, 6.07) is 0. The van der Waals surface area contributed by atoms with Crippen molar-refractivity contribution in [3.8, 4) is 0 Å². The van der Waals surface area contributed by atoms with E-state index in [9.17, 15) is 0 Å². The van der Waals surface area contributed by atoms with Crippen molar-refractivity contribution in [3.63, 3.8) is 0 Å². The molecule has 0 aromatic heterocycles. The van der Waals surface area contributed by atoms with Gasteiger partial charge in [-0.3, -0.25) is 9.91 Å². The minimum atomic E-state index is 0.472. The molecule has 2 aliphatic heterocycles. The molecule has 0 radical (unpaired) electrons. The Morgan fingerprint density at radius 1 is 1.42 bits per heavy atom. The SMILES string of the molecule is NC1=CCN2C(N)=CN(N)C2=N1. The monoisotopic (exact) mass is 166 g/mol. The Labute approximate surface area is 69.6 Å². The van der Waals surface area contributed by atoms with Crippen molar-refractivity contribution in [3.05, 3.63) is 23.9 Å². The number of nitrogens with two attached hydrogens (primary N) is 3. The molecule has 0 aliphatic carbocycles. The van der Waals surface area contributed by atoms with E-state index in [-0.39, 0.29) is 0 Å². The molecule has 0 amide bonds. The summed E-state index contributed by atoms with van der Waals surface area (Å²) in [5.41, 5.74) is 11.1. The fourth-order valence-corrected chi connectivity index (χ4v) is 1.18. The first-order valence-electron chi connectivity index (χ1n) is 3.51. The highest BCUT2D eigenvalue weighted by Gasteiger charge is 2.26. The van der Waals surface area contributed by atoms with Crippen LogP contribution in [-0.4, -0.2) is 22.4 Å². The highest BCUT2D eigenvalue weighted by atomic mass is 15.6. The zero-order valence-corrected chi connectivity index (χ0v) is 6.44. The minimum Gasteiger partial charge on any atom is -0.384 e. The minimum absolute atomic E-state index is 0.472. The van der Waals surface area contributed by atoms with Crippen LogP contribution in [0.25, 0.3) is 0 Å². The van der Waals surface area contributed by atoms with Crippen molar-refractivity contribution < 1.29 is 0 Å². The molecule has 6 N–H and O–H groups in total. The van der Waals surface area contributed by atoms with Crippen LogP contribution >= 0.6 is 0 Å². The molecule has 0 bridgehead atoms. The molecule has 0 saturated heterocycles. The third kappa shape index (κ3) is 0.817. The first-order valence-corrected chi connectivity index (χ1v) is 3.51. The van der Waals surface area contributed by atoms with Crippen LogP contribution in [0.4, 0.5) is 0 Å². The number of fused-ring (bicyclic) bond motifs is 1. The quantitative estimate of drug-likeness (QED) is 0.377. The van der Waals surface area contributed by atoms with E-state index in [1.165, 1.54) is 5.01 Å². The van der Waals surface area contributed by atoms with E-state index in [1.54, 1.807) is 17.2 Å². The molecule has 6 nitrogen and oxygen atoms in total. The Bertz CT molecular complexity index is 301. The predicted octanol–water partition coefficient (Wildman–Crippen LogP) is -1.59. The van der Waals surface area contributed by atoms with Gasteiger partial charge in [-0.25, -0.2) is 5.84 Å². The largest absolute Gasteiger partial charge is 0.384 e. The molecule has 0 saturated carbocycles. The van der Waals surface area contributed by atoms with Gasteiger partial charge in [0.2, 0.25) is 5.96 Å². The van der Waals surface area contributed by atoms with E-state index in [4.69, 9.17) is 17.3 Å². The van der Waals surface area contributed by atoms with E-state index in [1.807, 2.05) is 0 Å². The molecule has 0 aromatic rings. The molecule has 64 valence electrons. The van der Waals surface area contributed by atoms with Gasteiger partial charge >= 0.3 is 0 Å². The van der Waals surface area contributed by atoms with Gasteiger partial charge in [-0.1, -0.05) is 0 Å². The Kier molecular flexibility index (Phi) is 1.25. The summed E-state index contributed by atoms with van der Waals surface area (Å²) in [6.07, 6.45) is 3.38. The van der Waals surface area contributed by atoms with Gasteiger partial charge in [0.15, 0.2) is 0 Å². The first kappa shape index (κ1) is 6.99. The van der Waals surface area contributed by atoms with Gasteiger partial charge in [-0.15, -0.1) is 0 Å². The molecule has 2 rings (SSSR count). The van der Waals surface area contributed by atoms with Gasteiger partial charge in [-0.2, -0.15) is 4.99 Å². The van der Waals surface area contributed by atoms with Crippen molar-refractivity contribution in [2.45, 2.75) is 0 Å². The molecule has 0 unspecified atom stereocenters. The van der Waals surface area contributed by atoms with Gasteiger partial charge in [0.25, 0.3) is 0 Å². The lowest BCUT2D eigenvalue weighted by atomic mass is 10.4. The summed E-state index contributed by atoms with van der Waals surface area (Å²) in [7, 11) is 0. The lowest BCUT2D eigenvalue weighted by molar-refractivity contribution is 0.502. The summed E-state index contributed by atoms with van der Waals surface area (Å²) >= 11 is 0. The van der Waals surface area contributed by atoms with Crippen molar-refractivity contribution in [1.29, 1.82) is 0 Å². The smallest absolute Gasteiger partial charge is 0.228 e. The van der Waals surface area contributed by atoms with Gasteiger partial charge in [-0.05, 0) is 6.08 Å².